The van der Waals surface area contributed by atoms with Gasteiger partial charge >= 0.3 is 0 Å². The minimum atomic E-state index is -2.44. The average Bonchev–Trinajstić information content (AvgIpc) is 1.59. The first-order valence-electron chi connectivity index (χ1n) is 32.9. The highest BCUT2D eigenvalue weighted by molar-refractivity contribution is 7.00. The van der Waals surface area contributed by atoms with Crippen molar-refractivity contribution in [1.82, 2.24) is 0 Å². The van der Waals surface area contributed by atoms with E-state index < -0.39 is 12.3 Å². The van der Waals surface area contributed by atoms with Crippen LogP contribution in [0.4, 0.5) is 51.2 Å². The minimum absolute atomic E-state index is 0.0118. The third kappa shape index (κ3) is 8.55. The molecule has 3 nitrogen and oxygen atoms in total. The van der Waals surface area contributed by atoms with E-state index in [4.69, 9.17) is 0 Å². The molecule has 3 aliphatic carbocycles. The molecule has 0 saturated carbocycles. The molecule has 0 aromatic heterocycles. The molecule has 8 aromatic carbocycles. The Morgan fingerprint density at radius 2 is 0.917 bits per heavy atom. The zero-order valence-corrected chi connectivity index (χ0v) is 54.3. The van der Waals surface area contributed by atoms with Crippen molar-refractivity contribution in [1.29, 1.82) is 0 Å². The first-order chi connectivity index (χ1) is 40.3. The van der Waals surface area contributed by atoms with Crippen LogP contribution in [0.1, 0.15) is 216 Å². The second-order valence-electron chi connectivity index (χ2n) is 32.4. The third-order valence-corrected chi connectivity index (χ3v) is 20.9. The summed E-state index contributed by atoms with van der Waals surface area (Å²) in [7, 11) is 0. The van der Waals surface area contributed by atoms with Crippen molar-refractivity contribution < 1.29 is 4.11 Å². The molecule has 430 valence electrons. The second-order valence-corrected chi connectivity index (χ2v) is 32.4. The van der Waals surface area contributed by atoms with Crippen LogP contribution in [-0.4, -0.2) is 6.71 Å². The van der Waals surface area contributed by atoms with Gasteiger partial charge in [-0.15, -0.1) is 0 Å². The van der Waals surface area contributed by atoms with Crippen molar-refractivity contribution in [2.75, 3.05) is 14.7 Å². The van der Waals surface area contributed by atoms with Crippen molar-refractivity contribution in [2.45, 2.75) is 208 Å². The van der Waals surface area contributed by atoms with Gasteiger partial charge in [0, 0.05) is 55.0 Å². The molecule has 0 saturated heterocycles. The maximum atomic E-state index is 9.54. The van der Waals surface area contributed by atoms with Crippen LogP contribution >= 0.6 is 0 Å². The van der Waals surface area contributed by atoms with Crippen molar-refractivity contribution in [3.05, 3.63) is 201 Å². The molecule has 84 heavy (non-hydrogen) atoms. The van der Waals surface area contributed by atoms with Gasteiger partial charge in [-0.3, -0.25) is 0 Å². The van der Waals surface area contributed by atoms with Gasteiger partial charge in [0.1, 0.15) is 0 Å². The maximum Gasteiger partial charge on any atom is 0.252 e. The molecule has 0 amide bonds. The van der Waals surface area contributed by atoms with Crippen LogP contribution in [0, 0.1) is 13.8 Å². The number of aryl methyl sites for hydroxylation is 2. The van der Waals surface area contributed by atoms with Gasteiger partial charge in [-0.1, -0.05) is 204 Å². The fraction of sp³-hybridized carbons (Fsp3) is 0.400. The largest absolute Gasteiger partial charge is 0.311 e. The number of benzene rings is 8. The van der Waals surface area contributed by atoms with E-state index >= 15 is 0 Å². The fourth-order valence-corrected chi connectivity index (χ4v) is 16.2. The summed E-state index contributed by atoms with van der Waals surface area (Å²) in [6, 6.07) is 53.8. The number of hydrogen-bond acceptors (Lipinski definition) is 3. The van der Waals surface area contributed by atoms with E-state index in [1.807, 2.05) is 0 Å². The summed E-state index contributed by atoms with van der Waals surface area (Å²) in [6.07, 6.45) is 3.23. The maximum absolute atomic E-state index is 9.54. The zero-order chi connectivity index (χ0) is 62.6. The molecule has 2 heterocycles. The first-order valence-corrected chi connectivity index (χ1v) is 31.4. The molecule has 0 spiro atoms. The van der Waals surface area contributed by atoms with E-state index in [9.17, 15) is 4.11 Å². The highest BCUT2D eigenvalue weighted by Crippen LogP contribution is 2.58. The zero-order valence-electron chi connectivity index (χ0n) is 57.3. The third-order valence-electron chi connectivity index (χ3n) is 20.9. The molecule has 8 aromatic rings. The average molecular weight is 1110 g/mol. The highest BCUT2D eigenvalue weighted by atomic mass is 15.2. The van der Waals surface area contributed by atoms with E-state index in [-0.39, 0.29) is 44.6 Å². The Hall–Kier alpha value is -6.78. The summed E-state index contributed by atoms with van der Waals surface area (Å²) in [5.74, 6) is 0. The standard InChI is InChI=1S/C80H92BN3/c1-48-39-69-72-70(40-48)84(66-45-61-59(41-49(66)2)76(12,13)37-38-77(61,14)15)68-46-62-60(78(16,17)47-79(62,18)19)44-64(68)81(72)63-36-34-55(82(53-30-25-50(26-31-53)73(3,4)5)54-32-27-51(28-33-54)74(6,7)8)43-67(63)83(69)65-24-22-23-57-56-35-29-52(75(9,10)11)42-58(56)80(20,21)71(57)65/h22-36,39-46H,37-38,47H2,1-21H3/i1D3. The Labute approximate surface area is 510 Å². The second kappa shape index (κ2) is 18.1. The van der Waals surface area contributed by atoms with Gasteiger partial charge in [0.05, 0.1) is 5.69 Å². The number of rotatable bonds is 5. The molecule has 0 fully saturated rings. The lowest BCUT2D eigenvalue weighted by atomic mass is 9.33. The van der Waals surface area contributed by atoms with Gasteiger partial charge in [0.2, 0.25) is 0 Å². The lowest BCUT2D eigenvalue weighted by molar-refractivity contribution is 0.332. The Morgan fingerprint density at radius 1 is 0.429 bits per heavy atom. The molecule has 2 aliphatic heterocycles. The molecule has 0 bridgehead atoms. The lowest BCUT2D eigenvalue weighted by Crippen LogP contribution is -2.61. The quantitative estimate of drug-likeness (QED) is 0.159. The molecule has 0 atom stereocenters. The molecule has 5 aliphatic rings. The number of fused-ring (bicyclic) bond motifs is 9. The number of anilines is 9. The smallest absolute Gasteiger partial charge is 0.252 e. The molecular formula is C80H92BN3. The molecule has 0 N–H and O–H groups in total. The SMILES string of the molecule is [2H]C([2H])([2H])c1cc2c3c(c1)N(c1cccc4c1C(C)(C)c1cc(C(C)(C)C)ccc1-4)c1cc(N(c4ccc(C(C)(C)C)cc4)c4ccc(C(C)(C)C)cc4)ccc1B3c1cc3c(cc1N2c1cc2c(cc1C)C(C)(C)CCC2(C)C)C(C)(C)CC3(C)C. The van der Waals surface area contributed by atoms with Crippen molar-refractivity contribution in [2.24, 2.45) is 0 Å². The van der Waals surface area contributed by atoms with Crippen LogP contribution in [0.3, 0.4) is 0 Å². The molecule has 4 heteroatoms. The van der Waals surface area contributed by atoms with Crippen molar-refractivity contribution in [3.63, 3.8) is 0 Å². The molecule has 0 unspecified atom stereocenters. The summed E-state index contributed by atoms with van der Waals surface area (Å²) in [6.45, 7) is 44.4. The van der Waals surface area contributed by atoms with E-state index in [1.165, 1.54) is 77.7 Å². The Kier molecular flexibility index (Phi) is 11.4. The van der Waals surface area contributed by atoms with Crippen LogP contribution in [0.5, 0.6) is 0 Å². The van der Waals surface area contributed by atoms with Gasteiger partial charge < -0.3 is 14.7 Å². The van der Waals surface area contributed by atoms with E-state index in [1.54, 1.807) is 0 Å². The first kappa shape index (κ1) is 52.8. The number of nitrogens with zero attached hydrogens (tertiary/aromatic N) is 3. The Balaban J connectivity index is 1.16. The highest BCUT2D eigenvalue weighted by Gasteiger charge is 2.50. The molecule has 13 rings (SSSR count). The predicted octanol–water partition coefficient (Wildman–Crippen LogP) is 20.4. The van der Waals surface area contributed by atoms with Crippen LogP contribution in [0.2, 0.25) is 0 Å². The molecular weight excluding hydrogens is 1010 g/mol. The van der Waals surface area contributed by atoms with Crippen molar-refractivity contribution >= 4 is 74.3 Å². The monoisotopic (exact) mass is 1110 g/mol. The van der Waals surface area contributed by atoms with Gasteiger partial charge in [-0.25, -0.2) is 0 Å². The van der Waals surface area contributed by atoms with Gasteiger partial charge in [0.25, 0.3) is 6.71 Å². The molecule has 0 radical (unpaired) electrons. The van der Waals surface area contributed by atoms with E-state index in [2.05, 4.69) is 293 Å². The fourth-order valence-electron chi connectivity index (χ4n) is 16.2. The topological polar surface area (TPSA) is 9.72 Å². The predicted molar refractivity (Wildman–Crippen MR) is 364 cm³/mol. The van der Waals surface area contributed by atoms with Gasteiger partial charge in [-0.05, 0) is 226 Å². The van der Waals surface area contributed by atoms with E-state index in [0.717, 1.165) is 75.9 Å². The van der Waals surface area contributed by atoms with Gasteiger partial charge in [0.15, 0.2) is 0 Å². The Morgan fingerprint density at radius 3 is 1.48 bits per heavy atom. The summed E-state index contributed by atoms with van der Waals surface area (Å²) in [5.41, 5.74) is 28.2. The lowest BCUT2D eigenvalue weighted by Gasteiger charge is -2.47. The summed E-state index contributed by atoms with van der Waals surface area (Å²) in [4.78, 5) is 7.47. The van der Waals surface area contributed by atoms with Crippen molar-refractivity contribution in [3.8, 4) is 11.1 Å². The van der Waals surface area contributed by atoms with Gasteiger partial charge in [-0.2, -0.15) is 0 Å². The minimum Gasteiger partial charge on any atom is -0.311 e. The number of hydrogen-bond donors (Lipinski definition) is 0. The van der Waals surface area contributed by atoms with Crippen LogP contribution < -0.4 is 31.1 Å². The summed E-state index contributed by atoms with van der Waals surface area (Å²) < 4.78 is 28.6. The van der Waals surface area contributed by atoms with Crippen LogP contribution in [0.15, 0.2) is 140 Å². The summed E-state index contributed by atoms with van der Waals surface area (Å²) in [5, 5.41) is 0. The van der Waals surface area contributed by atoms with Crippen LogP contribution in [0.25, 0.3) is 11.1 Å². The summed E-state index contributed by atoms with van der Waals surface area (Å²) >= 11 is 0. The Bertz CT molecular complexity index is 4110. The van der Waals surface area contributed by atoms with Crippen LogP contribution in [-0.2, 0) is 43.3 Å². The normalized spacial score (nSPS) is 18.8. The van der Waals surface area contributed by atoms with E-state index in [0.29, 0.717) is 5.56 Å².